The quantitative estimate of drug-likeness (QED) is 0.392. The third-order valence-electron chi connectivity index (χ3n) is 5.39. The zero-order valence-electron chi connectivity index (χ0n) is 18.1. The fraction of sp³-hybridized carbons (Fsp3) is 0.200. The van der Waals surface area contributed by atoms with Gasteiger partial charge in [-0.15, -0.1) is 10.2 Å². The maximum Gasteiger partial charge on any atom is 0.251 e. The molecule has 0 saturated heterocycles. The minimum atomic E-state index is -0.00499. The molecule has 166 valence electrons. The van der Waals surface area contributed by atoms with Crippen LogP contribution in [-0.4, -0.2) is 38.8 Å². The number of ether oxygens (including phenoxy) is 1. The monoisotopic (exact) mass is 457 g/mol. The normalized spacial score (nSPS) is 13.0. The molecule has 0 unspecified atom stereocenters. The van der Waals surface area contributed by atoms with Crippen LogP contribution in [0.5, 0.6) is 5.75 Å². The van der Waals surface area contributed by atoms with Crippen molar-refractivity contribution in [3.05, 3.63) is 84.2 Å². The maximum atomic E-state index is 12.2. The first-order chi connectivity index (χ1) is 16.2. The molecule has 5 rings (SSSR count). The summed E-state index contributed by atoms with van der Waals surface area (Å²) in [5.41, 5.74) is 3.57. The number of benzene rings is 2. The molecule has 0 spiro atoms. The molecule has 1 fully saturated rings. The molecule has 33 heavy (non-hydrogen) atoms. The van der Waals surface area contributed by atoms with Crippen LogP contribution < -0.4 is 10.1 Å². The van der Waals surface area contributed by atoms with Crippen molar-refractivity contribution in [2.45, 2.75) is 29.8 Å². The van der Waals surface area contributed by atoms with Crippen LogP contribution in [0.4, 0.5) is 0 Å². The van der Waals surface area contributed by atoms with Gasteiger partial charge in [-0.25, -0.2) is 0 Å². The second kappa shape index (κ2) is 9.46. The van der Waals surface area contributed by atoms with Gasteiger partial charge in [-0.1, -0.05) is 36.0 Å². The van der Waals surface area contributed by atoms with Gasteiger partial charge in [-0.2, -0.15) is 0 Å². The lowest BCUT2D eigenvalue weighted by atomic mass is 10.1. The van der Waals surface area contributed by atoms with E-state index in [9.17, 15) is 4.79 Å². The number of rotatable bonds is 8. The minimum absolute atomic E-state index is 0.00499. The number of aromatic nitrogens is 4. The fourth-order valence-electron chi connectivity index (χ4n) is 3.48. The average Bonchev–Trinajstić information content (AvgIpc) is 3.59. The van der Waals surface area contributed by atoms with Crippen molar-refractivity contribution in [1.82, 2.24) is 25.1 Å². The Morgan fingerprint density at radius 2 is 1.82 bits per heavy atom. The summed E-state index contributed by atoms with van der Waals surface area (Å²) in [7, 11) is 1.66. The number of carbonyl (C=O) groups is 1. The zero-order valence-corrected chi connectivity index (χ0v) is 19.0. The Bertz CT molecular complexity index is 1250. The topological polar surface area (TPSA) is 81.9 Å². The van der Waals surface area contributed by atoms with Gasteiger partial charge in [0.15, 0.2) is 11.0 Å². The highest BCUT2D eigenvalue weighted by Crippen LogP contribution is 2.33. The summed E-state index contributed by atoms with van der Waals surface area (Å²) in [6.45, 7) is 0. The van der Waals surface area contributed by atoms with Crippen molar-refractivity contribution in [3.8, 4) is 22.8 Å². The van der Waals surface area contributed by atoms with Crippen molar-refractivity contribution < 1.29 is 9.53 Å². The number of nitrogens with one attached hydrogen (secondary N) is 1. The molecular weight excluding hydrogens is 434 g/mol. The van der Waals surface area contributed by atoms with Gasteiger partial charge in [-0.05, 0) is 54.8 Å². The lowest BCUT2D eigenvalue weighted by Gasteiger charge is -2.14. The number of nitrogens with zero attached hydrogens (tertiary/aromatic N) is 4. The average molecular weight is 458 g/mol. The Balaban J connectivity index is 1.41. The third kappa shape index (κ3) is 4.75. The van der Waals surface area contributed by atoms with Crippen LogP contribution in [0, 0.1) is 0 Å². The number of para-hydroxylation sites is 2. The van der Waals surface area contributed by atoms with Crippen LogP contribution in [-0.2, 0) is 5.75 Å². The molecule has 4 aromatic rings. The molecule has 0 aliphatic heterocycles. The van der Waals surface area contributed by atoms with E-state index < -0.39 is 0 Å². The smallest absolute Gasteiger partial charge is 0.251 e. The van der Waals surface area contributed by atoms with Crippen molar-refractivity contribution in [1.29, 1.82) is 0 Å². The van der Waals surface area contributed by atoms with E-state index in [0.717, 1.165) is 46.4 Å². The number of pyridine rings is 1. The van der Waals surface area contributed by atoms with Gasteiger partial charge in [0.05, 0.1) is 12.8 Å². The van der Waals surface area contributed by atoms with E-state index in [1.54, 1.807) is 31.3 Å². The minimum Gasteiger partial charge on any atom is -0.495 e. The Morgan fingerprint density at radius 1 is 1.06 bits per heavy atom. The first-order valence-electron chi connectivity index (χ1n) is 10.7. The van der Waals surface area contributed by atoms with E-state index in [0.29, 0.717) is 17.4 Å². The van der Waals surface area contributed by atoms with Crippen LogP contribution >= 0.6 is 11.8 Å². The molecule has 2 aromatic carbocycles. The van der Waals surface area contributed by atoms with E-state index >= 15 is 0 Å². The van der Waals surface area contributed by atoms with Gasteiger partial charge < -0.3 is 10.1 Å². The van der Waals surface area contributed by atoms with E-state index in [4.69, 9.17) is 4.74 Å². The highest BCUT2D eigenvalue weighted by Gasteiger charge is 2.23. The van der Waals surface area contributed by atoms with Gasteiger partial charge in [-0.3, -0.25) is 14.3 Å². The standard InChI is InChI=1S/C25H23N5O2S/c1-32-22-5-3-2-4-21(22)30-23(18-12-14-26-15-13-18)28-29-25(30)33-16-17-6-8-19(9-7-17)24(31)27-20-10-11-20/h2-9,12-15,20H,10-11,16H2,1H3,(H,27,31). The van der Waals surface area contributed by atoms with Gasteiger partial charge in [0.25, 0.3) is 5.91 Å². The molecular formula is C25H23N5O2S. The van der Waals surface area contributed by atoms with Gasteiger partial charge >= 0.3 is 0 Å². The van der Waals surface area contributed by atoms with Crippen molar-refractivity contribution in [2.24, 2.45) is 0 Å². The van der Waals surface area contributed by atoms with E-state index in [1.165, 1.54) is 0 Å². The summed E-state index contributed by atoms with van der Waals surface area (Å²) in [6.07, 6.45) is 5.64. The second-order valence-corrected chi connectivity index (χ2v) is 8.73. The van der Waals surface area contributed by atoms with Crippen molar-refractivity contribution >= 4 is 17.7 Å². The van der Waals surface area contributed by atoms with E-state index in [2.05, 4.69) is 20.5 Å². The van der Waals surface area contributed by atoms with Crippen LogP contribution in [0.15, 0.2) is 78.2 Å². The second-order valence-electron chi connectivity index (χ2n) is 7.78. The molecule has 0 radical (unpaired) electrons. The van der Waals surface area contributed by atoms with Crippen LogP contribution in [0.25, 0.3) is 17.1 Å². The third-order valence-corrected chi connectivity index (χ3v) is 6.39. The largest absolute Gasteiger partial charge is 0.495 e. The Hall–Kier alpha value is -3.65. The van der Waals surface area contributed by atoms with Crippen molar-refractivity contribution in [2.75, 3.05) is 7.11 Å². The lowest BCUT2D eigenvalue weighted by Crippen LogP contribution is -2.25. The molecule has 2 heterocycles. The Labute approximate surface area is 196 Å². The SMILES string of the molecule is COc1ccccc1-n1c(SCc2ccc(C(=O)NC3CC3)cc2)nnc1-c1ccncc1. The summed E-state index contributed by atoms with van der Waals surface area (Å²) < 4.78 is 7.62. The summed E-state index contributed by atoms with van der Waals surface area (Å²) >= 11 is 1.58. The summed E-state index contributed by atoms with van der Waals surface area (Å²) in [5, 5.41) is 12.7. The molecule has 2 aromatic heterocycles. The molecule has 1 aliphatic rings. The summed E-state index contributed by atoms with van der Waals surface area (Å²) in [5.74, 6) is 2.14. The predicted octanol–water partition coefficient (Wildman–Crippen LogP) is 4.52. The molecule has 1 aliphatic carbocycles. The van der Waals surface area contributed by atoms with Crippen molar-refractivity contribution in [3.63, 3.8) is 0 Å². The fourth-order valence-corrected chi connectivity index (χ4v) is 4.38. The Kier molecular flexibility index (Phi) is 6.08. The molecule has 0 bridgehead atoms. The van der Waals surface area contributed by atoms with Gasteiger partial charge in [0.2, 0.25) is 0 Å². The lowest BCUT2D eigenvalue weighted by molar-refractivity contribution is 0.0951. The van der Waals surface area contributed by atoms with Gasteiger partial charge in [0, 0.05) is 35.3 Å². The van der Waals surface area contributed by atoms with E-state index in [1.807, 2.05) is 65.2 Å². The van der Waals surface area contributed by atoms with Crippen LogP contribution in [0.1, 0.15) is 28.8 Å². The zero-order chi connectivity index (χ0) is 22.6. The van der Waals surface area contributed by atoms with Gasteiger partial charge in [0.1, 0.15) is 5.75 Å². The predicted molar refractivity (Wildman–Crippen MR) is 128 cm³/mol. The molecule has 8 heteroatoms. The van der Waals surface area contributed by atoms with Crippen LogP contribution in [0.3, 0.4) is 0 Å². The number of hydrogen-bond donors (Lipinski definition) is 1. The number of amides is 1. The molecule has 0 atom stereocenters. The molecule has 1 N–H and O–H groups in total. The molecule has 1 saturated carbocycles. The maximum absolute atomic E-state index is 12.2. The van der Waals surface area contributed by atoms with E-state index in [-0.39, 0.29) is 5.91 Å². The molecule has 1 amide bonds. The number of methoxy groups -OCH3 is 1. The Morgan fingerprint density at radius 3 is 2.55 bits per heavy atom. The number of carbonyl (C=O) groups excluding carboxylic acids is 1. The molecule has 7 nitrogen and oxygen atoms in total. The summed E-state index contributed by atoms with van der Waals surface area (Å²) in [4.78, 5) is 16.3. The highest BCUT2D eigenvalue weighted by atomic mass is 32.2. The highest BCUT2D eigenvalue weighted by molar-refractivity contribution is 7.98. The first kappa shape index (κ1) is 21.2. The number of hydrogen-bond acceptors (Lipinski definition) is 6. The van der Waals surface area contributed by atoms with Crippen LogP contribution in [0.2, 0.25) is 0 Å². The first-order valence-corrected chi connectivity index (χ1v) is 11.7. The number of thioether (sulfide) groups is 1. The summed E-state index contributed by atoms with van der Waals surface area (Å²) in [6, 6.07) is 19.7.